The Balaban J connectivity index is 1.46. The maximum atomic E-state index is 14.8. The number of anilines is 1. The Morgan fingerprint density at radius 3 is 2.94 bits per heavy atom. The van der Waals surface area contributed by atoms with Gasteiger partial charge in [0.2, 0.25) is 0 Å². The Labute approximate surface area is 193 Å². The Hall–Kier alpha value is -2.09. The van der Waals surface area contributed by atoms with Gasteiger partial charge in [-0.05, 0) is 45.5 Å². The number of hydrogen-bond acceptors (Lipinski definition) is 5. The second kappa shape index (κ2) is 10.2. The SMILES string of the molecule is CN(C)CCNC(=O)OC[C@H]1CC[C@@H]2[C@H](O1)c1cc(Cl)cc(F)c1N[C@H]2C1C=CC=CC1. The van der Waals surface area contributed by atoms with E-state index in [0.29, 0.717) is 17.3 Å². The standard InChI is InChI=1S/C24H31ClFN3O3/c1-29(2)11-10-27-24(30)31-14-17-8-9-18-21(15-6-4-3-5-7-15)28-22-19(23(18)32-17)12-16(25)13-20(22)26/h3-6,12-13,15,17-18,21,23,28H,7-11,14H2,1-2H3,(H,27,30)/t15?,17-,18+,21+,23+/m1/s1. The highest BCUT2D eigenvalue weighted by atomic mass is 35.5. The molecule has 2 aliphatic heterocycles. The molecule has 32 heavy (non-hydrogen) atoms. The summed E-state index contributed by atoms with van der Waals surface area (Å²) >= 11 is 6.18. The summed E-state index contributed by atoms with van der Waals surface area (Å²) in [6, 6.07) is 3.18. The minimum absolute atomic E-state index is 0.0561. The van der Waals surface area contributed by atoms with E-state index in [1.165, 1.54) is 6.07 Å². The van der Waals surface area contributed by atoms with E-state index in [0.717, 1.165) is 31.4 Å². The topological polar surface area (TPSA) is 62.8 Å². The number of benzene rings is 1. The third-order valence-corrected chi connectivity index (χ3v) is 6.64. The molecule has 0 aromatic heterocycles. The summed E-state index contributed by atoms with van der Waals surface area (Å²) in [5, 5.41) is 6.55. The van der Waals surface area contributed by atoms with Crippen LogP contribution >= 0.6 is 11.6 Å². The van der Waals surface area contributed by atoms with Crippen LogP contribution in [0.5, 0.6) is 0 Å². The molecule has 1 saturated heterocycles. The van der Waals surface area contributed by atoms with E-state index in [1.807, 2.05) is 31.1 Å². The van der Waals surface area contributed by atoms with Crippen molar-refractivity contribution in [2.45, 2.75) is 37.5 Å². The van der Waals surface area contributed by atoms with Gasteiger partial charge < -0.3 is 25.0 Å². The van der Waals surface area contributed by atoms with Crippen LogP contribution in [0.3, 0.4) is 0 Å². The van der Waals surface area contributed by atoms with Crippen molar-refractivity contribution in [2.24, 2.45) is 11.8 Å². The van der Waals surface area contributed by atoms with Gasteiger partial charge in [0.15, 0.2) is 0 Å². The molecule has 1 aromatic rings. The Morgan fingerprint density at radius 2 is 2.19 bits per heavy atom. The molecular formula is C24H31ClFN3O3. The maximum Gasteiger partial charge on any atom is 0.407 e. The van der Waals surface area contributed by atoms with Crippen molar-refractivity contribution in [2.75, 3.05) is 39.1 Å². The number of likely N-dealkylation sites (N-methyl/N-ethyl adjacent to an activating group) is 1. The predicted molar refractivity (Wildman–Crippen MR) is 123 cm³/mol. The van der Waals surface area contributed by atoms with Crippen LogP contribution < -0.4 is 10.6 Å². The maximum absolute atomic E-state index is 14.8. The fraction of sp³-hybridized carbons (Fsp3) is 0.542. The highest BCUT2D eigenvalue weighted by Gasteiger charge is 2.45. The molecule has 0 bridgehead atoms. The van der Waals surface area contributed by atoms with Crippen LogP contribution in [-0.2, 0) is 9.47 Å². The van der Waals surface area contributed by atoms with Gasteiger partial charge in [-0.1, -0.05) is 35.9 Å². The molecular weight excluding hydrogens is 433 g/mol. The van der Waals surface area contributed by atoms with Crippen LogP contribution in [0.4, 0.5) is 14.9 Å². The molecule has 1 aromatic carbocycles. The quantitative estimate of drug-likeness (QED) is 0.649. The smallest absolute Gasteiger partial charge is 0.407 e. The second-order valence-corrected chi connectivity index (χ2v) is 9.42. The van der Waals surface area contributed by atoms with E-state index in [4.69, 9.17) is 21.1 Å². The molecule has 2 N–H and O–H groups in total. The van der Waals surface area contributed by atoms with Crippen molar-refractivity contribution in [3.8, 4) is 0 Å². The minimum atomic E-state index is -0.450. The molecule has 1 aliphatic carbocycles. The van der Waals surface area contributed by atoms with E-state index in [-0.39, 0.29) is 42.5 Å². The highest BCUT2D eigenvalue weighted by molar-refractivity contribution is 6.30. The van der Waals surface area contributed by atoms with Crippen molar-refractivity contribution in [3.05, 3.63) is 52.8 Å². The first-order valence-electron chi connectivity index (χ1n) is 11.2. The molecule has 1 fully saturated rings. The van der Waals surface area contributed by atoms with Gasteiger partial charge in [0.05, 0.1) is 17.9 Å². The predicted octanol–water partition coefficient (Wildman–Crippen LogP) is 4.53. The van der Waals surface area contributed by atoms with Crippen LogP contribution in [0.2, 0.25) is 5.02 Å². The first kappa shape index (κ1) is 23.1. The molecule has 4 rings (SSSR count). The normalized spacial score (nSPS) is 28.6. The lowest BCUT2D eigenvalue weighted by atomic mass is 9.73. The first-order valence-corrected chi connectivity index (χ1v) is 11.6. The van der Waals surface area contributed by atoms with E-state index in [9.17, 15) is 9.18 Å². The molecule has 1 amide bonds. The second-order valence-electron chi connectivity index (χ2n) is 8.98. The molecule has 0 radical (unpaired) electrons. The lowest BCUT2D eigenvalue weighted by molar-refractivity contribution is -0.113. The summed E-state index contributed by atoms with van der Waals surface area (Å²) in [5.74, 6) is 0.0646. The Kier molecular flexibility index (Phi) is 7.38. The van der Waals surface area contributed by atoms with E-state index >= 15 is 0 Å². The van der Waals surface area contributed by atoms with Gasteiger partial charge in [-0.3, -0.25) is 0 Å². The lowest BCUT2D eigenvalue weighted by Crippen LogP contribution is -2.48. The number of fused-ring (bicyclic) bond motifs is 3. The molecule has 0 saturated carbocycles. The third-order valence-electron chi connectivity index (χ3n) is 6.42. The molecule has 174 valence electrons. The number of carbonyl (C=O) groups excluding carboxylic acids is 1. The van der Waals surface area contributed by atoms with Crippen molar-refractivity contribution >= 4 is 23.4 Å². The zero-order chi connectivity index (χ0) is 22.7. The molecule has 6 nitrogen and oxygen atoms in total. The summed E-state index contributed by atoms with van der Waals surface area (Å²) in [6.07, 6.45) is 9.98. The number of rotatable bonds is 6. The number of alkyl carbamates (subject to hydrolysis) is 1. The number of ether oxygens (including phenoxy) is 2. The molecule has 3 aliphatic rings. The van der Waals surface area contributed by atoms with Crippen LogP contribution in [0.25, 0.3) is 0 Å². The van der Waals surface area contributed by atoms with Crippen molar-refractivity contribution < 1.29 is 18.7 Å². The molecule has 0 spiro atoms. The monoisotopic (exact) mass is 463 g/mol. The fourth-order valence-corrected chi connectivity index (χ4v) is 5.05. The number of halogens is 2. The fourth-order valence-electron chi connectivity index (χ4n) is 4.84. The number of carbonyl (C=O) groups is 1. The summed E-state index contributed by atoms with van der Waals surface area (Å²) < 4.78 is 26.7. The number of nitrogens with zero attached hydrogens (tertiary/aromatic N) is 1. The van der Waals surface area contributed by atoms with Crippen LogP contribution in [-0.4, -0.2) is 56.9 Å². The van der Waals surface area contributed by atoms with Gasteiger partial charge in [-0.2, -0.15) is 0 Å². The summed E-state index contributed by atoms with van der Waals surface area (Å²) in [4.78, 5) is 14.0. The van der Waals surface area contributed by atoms with Gasteiger partial charge in [0, 0.05) is 41.6 Å². The highest BCUT2D eigenvalue weighted by Crippen LogP contribution is 2.49. The zero-order valence-electron chi connectivity index (χ0n) is 18.5. The van der Waals surface area contributed by atoms with Crippen LogP contribution in [0.15, 0.2) is 36.4 Å². The Morgan fingerprint density at radius 1 is 1.34 bits per heavy atom. The summed E-state index contributed by atoms with van der Waals surface area (Å²) in [7, 11) is 3.88. The third kappa shape index (κ3) is 5.27. The molecule has 8 heteroatoms. The summed E-state index contributed by atoms with van der Waals surface area (Å²) in [6.45, 7) is 1.42. The van der Waals surface area contributed by atoms with Gasteiger partial charge in [0.25, 0.3) is 0 Å². The van der Waals surface area contributed by atoms with Crippen molar-refractivity contribution in [1.82, 2.24) is 10.2 Å². The van der Waals surface area contributed by atoms with Crippen LogP contribution in [0, 0.1) is 17.7 Å². The van der Waals surface area contributed by atoms with Crippen molar-refractivity contribution in [1.29, 1.82) is 0 Å². The van der Waals surface area contributed by atoms with E-state index < -0.39 is 6.09 Å². The summed E-state index contributed by atoms with van der Waals surface area (Å²) in [5.41, 5.74) is 1.21. The van der Waals surface area contributed by atoms with E-state index in [2.05, 4.69) is 22.8 Å². The average Bonchev–Trinajstić information content (AvgIpc) is 2.77. The minimum Gasteiger partial charge on any atom is -0.447 e. The van der Waals surface area contributed by atoms with Gasteiger partial charge in [-0.25, -0.2) is 9.18 Å². The van der Waals surface area contributed by atoms with Crippen molar-refractivity contribution in [3.63, 3.8) is 0 Å². The number of hydrogen-bond donors (Lipinski definition) is 2. The molecule has 1 unspecified atom stereocenters. The molecule has 5 atom stereocenters. The molecule has 2 heterocycles. The number of allylic oxidation sites excluding steroid dienone is 3. The zero-order valence-corrected chi connectivity index (χ0v) is 19.3. The Bertz CT molecular complexity index is 891. The first-order chi connectivity index (χ1) is 15.4. The number of amides is 1. The van der Waals surface area contributed by atoms with Gasteiger partial charge in [0.1, 0.15) is 12.4 Å². The largest absolute Gasteiger partial charge is 0.447 e. The lowest BCUT2D eigenvalue weighted by Gasteiger charge is -2.47. The van der Waals surface area contributed by atoms with E-state index in [1.54, 1.807) is 6.07 Å². The van der Waals surface area contributed by atoms with Crippen LogP contribution in [0.1, 0.15) is 30.9 Å². The van der Waals surface area contributed by atoms with Gasteiger partial charge >= 0.3 is 6.09 Å². The van der Waals surface area contributed by atoms with Gasteiger partial charge in [-0.15, -0.1) is 0 Å². The number of nitrogens with one attached hydrogen (secondary N) is 2. The average molecular weight is 464 g/mol.